The van der Waals surface area contributed by atoms with Crippen molar-refractivity contribution in [3.05, 3.63) is 44.8 Å². The quantitative estimate of drug-likeness (QED) is 0.603. The number of hydrogen-bond donors (Lipinski definition) is 2. The van der Waals surface area contributed by atoms with Crippen LogP contribution in [0.4, 0.5) is 0 Å². The maximum absolute atomic E-state index is 13.2. The van der Waals surface area contributed by atoms with Gasteiger partial charge in [-0.15, -0.1) is 22.7 Å². The van der Waals surface area contributed by atoms with Gasteiger partial charge in [-0.25, -0.2) is 4.79 Å². The zero-order valence-corrected chi connectivity index (χ0v) is 17.4. The van der Waals surface area contributed by atoms with Crippen LogP contribution in [0, 0.1) is 5.92 Å². The largest absolute Gasteiger partial charge is 0.459 e. The molecular formula is C20H26NO4S2+. The SMILES string of the molecule is C[C@H]1C(O)C2C[C@H](OC(=O)C(O)(c3cccs3)c3cccs3)CC1[N+]2(C)C. The van der Waals surface area contributed by atoms with Crippen molar-refractivity contribution in [2.24, 2.45) is 5.92 Å². The van der Waals surface area contributed by atoms with E-state index < -0.39 is 11.6 Å². The van der Waals surface area contributed by atoms with Crippen molar-refractivity contribution in [3.63, 3.8) is 0 Å². The minimum Gasteiger partial charge on any atom is -0.459 e. The van der Waals surface area contributed by atoms with Crippen molar-refractivity contribution >= 4 is 28.6 Å². The van der Waals surface area contributed by atoms with Crippen LogP contribution in [0.2, 0.25) is 0 Å². The van der Waals surface area contributed by atoms with Gasteiger partial charge in [-0.05, 0) is 22.9 Å². The number of thiophene rings is 2. The Labute approximate surface area is 167 Å². The van der Waals surface area contributed by atoms with Crippen LogP contribution < -0.4 is 0 Å². The molecule has 5 nitrogen and oxygen atoms in total. The van der Waals surface area contributed by atoms with Gasteiger partial charge in [-0.2, -0.15) is 0 Å². The summed E-state index contributed by atoms with van der Waals surface area (Å²) in [7, 11) is 4.29. The van der Waals surface area contributed by atoms with Gasteiger partial charge in [0.2, 0.25) is 5.60 Å². The van der Waals surface area contributed by atoms with Crippen LogP contribution in [0.15, 0.2) is 35.0 Å². The number of carbonyl (C=O) groups is 1. The molecule has 4 rings (SSSR count). The molecule has 2 bridgehead atoms. The van der Waals surface area contributed by atoms with Gasteiger partial charge in [-0.1, -0.05) is 19.1 Å². The molecule has 7 heteroatoms. The van der Waals surface area contributed by atoms with E-state index in [1.165, 1.54) is 22.7 Å². The van der Waals surface area contributed by atoms with Crippen LogP contribution >= 0.6 is 22.7 Å². The maximum atomic E-state index is 13.2. The highest BCUT2D eigenvalue weighted by Gasteiger charge is 2.59. The number of hydrogen-bond acceptors (Lipinski definition) is 6. The Balaban J connectivity index is 1.59. The molecule has 27 heavy (non-hydrogen) atoms. The fourth-order valence-corrected chi connectivity index (χ4v) is 6.69. The molecule has 3 unspecified atom stereocenters. The minimum atomic E-state index is -1.77. The minimum absolute atomic E-state index is 0.0492. The predicted octanol–water partition coefficient (Wildman–Crippen LogP) is 2.58. The second-order valence-electron chi connectivity index (χ2n) is 8.28. The average Bonchev–Trinajstić information content (AvgIpc) is 3.35. The van der Waals surface area contributed by atoms with Crippen molar-refractivity contribution in [2.45, 2.75) is 49.7 Å². The summed E-state index contributed by atoms with van der Waals surface area (Å²) >= 11 is 2.69. The van der Waals surface area contributed by atoms with Crippen molar-refractivity contribution in [2.75, 3.05) is 14.1 Å². The van der Waals surface area contributed by atoms with Crippen LogP contribution in [0.1, 0.15) is 29.5 Å². The summed E-state index contributed by atoms with van der Waals surface area (Å²) in [5.74, 6) is -0.451. The molecule has 2 aliphatic rings. The first-order valence-electron chi connectivity index (χ1n) is 9.29. The lowest BCUT2D eigenvalue weighted by Gasteiger charge is -2.44. The molecule has 2 aromatic rings. The summed E-state index contributed by atoms with van der Waals surface area (Å²) in [5.41, 5.74) is -1.77. The smallest absolute Gasteiger partial charge is 0.349 e. The first-order valence-corrected chi connectivity index (χ1v) is 11.0. The number of quaternary nitrogens is 1. The zero-order valence-electron chi connectivity index (χ0n) is 15.7. The highest BCUT2D eigenvalue weighted by molar-refractivity contribution is 7.12. The number of piperidine rings is 1. The molecule has 2 aliphatic heterocycles. The number of carbonyl (C=O) groups excluding carboxylic acids is 1. The topological polar surface area (TPSA) is 66.8 Å². The molecule has 2 N–H and O–H groups in total. The molecule has 146 valence electrons. The summed E-state index contributed by atoms with van der Waals surface area (Å²) in [6, 6.07) is 7.47. The van der Waals surface area contributed by atoms with E-state index in [2.05, 4.69) is 21.0 Å². The molecular weight excluding hydrogens is 382 g/mol. The number of aliphatic hydroxyl groups is 2. The number of fused-ring (bicyclic) bond motifs is 2. The van der Waals surface area contributed by atoms with Gasteiger partial charge in [0.05, 0.1) is 29.9 Å². The van der Waals surface area contributed by atoms with Crippen LogP contribution in [0.25, 0.3) is 0 Å². The van der Waals surface area contributed by atoms with E-state index in [0.717, 1.165) is 4.48 Å². The summed E-state index contributed by atoms with van der Waals surface area (Å²) in [6.45, 7) is 2.08. The monoisotopic (exact) mass is 408 g/mol. The van der Waals surface area contributed by atoms with Gasteiger partial charge in [0, 0.05) is 18.8 Å². The summed E-state index contributed by atoms with van der Waals surface area (Å²) in [4.78, 5) is 14.3. The molecule has 0 aliphatic carbocycles. The van der Waals surface area contributed by atoms with Crippen LogP contribution in [0.5, 0.6) is 0 Å². The number of aliphatic hydroxyl groups excluding tert-OH is 1. The van der Waals surface area contributed by atoms with Gasteiger partial charge in [0.1, 0.15) is 18.2 Å². The number of ether oxygens (including phenoxy) is 1. The van der Waals surface area contributed by atoms with Gasteiger partial charge in [0.15, 0.2) is 0 Å². The molecule has 0 radical (unpaired) electrons. The van der Waals surface area contributed by atoms with E-state index in [-0.39, 0.29) is 30.2 Å². The average molecular weight is 409 g/mol. The predicted molar refractivity (Wildman–Crippen MR) is 106 cm³/mol. The van der Waals surface area contributed by atoms with Crippen molar-refractivity contribution < 1.29 is 24.2 Å². The molecule has 0 spiro atoms. The van der Waals surface area contributed by atoms with Crippen LogP contribution in [-0.4, -0.2) is 59.1 Å². The summed E-state index contributed by atoms with van der Waals surface area (Å²) in [6.07, 6.45) is 0.649. The Hall–Kier alpha value is -1.25. The first kappa shape index (κ1) is 19.1. The van der Waals surface area contributed by atoms with Gasteiger partial charge in [0.25, 0.3) is 0 Å². The van der Waals surface area contributed by atoms with Crippen LogP contribution in [-0.2, 0) is 15.1 Å². The summed E-state index contributed by atoms with van der Waals surface area (Å²) in [5, 5.41) is 25.7. The third-order valence-electron chi connectivity index (χ3n) is 6.58. The third kappa shape index (κ3) is 2.87. The van der Waals surface area contributed by atoms with Gasteiger partial charge >= 0.3 is 5.97 Å². The van der Waals surface area contributed by atoms with Crippen molar-refractivity contribution in [1.82, 2.24) is 0 Å². The second-order valence-corrected chi connectivity index (χ2v) is 10.2. The lowest BCUT2D eigenvalue weighted by molar-refractivity contribution is -0.934. The number of rotatable bonds is 4. The molecule has 2 aromatic heterocycles. The number of esters is 1. The number of likely N-dealkylation sites (N-methyl/N-ethyl adjacent to an activating group) is 1. The Morgan fingerprint density at radius 3 is 2.19 bits per heavy atom. The third-order valence-corrected chi connectivity index (χ3v) is 8.54. The highest BCUT2D eigenvalue weighted by atomic mass is 32.1. The Morgan fingerprint density at radius 2 is 1.70 bits per heavy atom. The maximum Gasteiger partial charge on any atom is 0.349 e. The van der Waals surface area contributed by atoms with E-state index in [1.807, 2.05) is 22.9 Å². The Bertz CT molecular complexity index is 748. The highest BCUT2D eigenvalue weighted by Crippen LogP contribution is 2.45. The molecule has 4 heterocycles. The van der Waals surface area contributed by atoms with E-state index in [0.29, 0.717) is 22.6 Å². The lowest BCUT2D eigenvalue weighted by Crippen LogP contribution is -2.58. The Kier molecular flexibility index (Phi) is 4.71. The molecule has 0 saturated carbocycles. The zero-order chi connectivity index (χ0) is 19.4. The first-order chi connectivity index (χ1) is 12.8. The van der Waals surface area contributed by atoms with E-state index in [4.69, 9.17) is 4.74 Å². The molecule has 2 saturated heterocycles. The van der Waals surface area contributed by atoms with Crippen LogP contribution in [0.3, 0.4) is 0 Å². The molecule has 5 atom stereocenters. The lowest BCUT2D eigenvalue weighted by atomic mass is 9.94. The fraction of sp³-hybridized carbons (Fsp3) is 0.550. The van der Waals surface area contributed by atoms with E-state index in [9.17, 15) is 15.0 Å². The van der Waals surface area contributed by atoms with Gasteiger partial charge < -0.3 is 19.4 Å². The number of nitrogens with zero attached hydrogens (tertiary/aromatic N) is 1. The fourth-order valence-electron chi connectivity index (χ4n) is 4.98. The second kappa shape index (κ2) is 6.67. The van der Waals surface area contributed by atoms with Gasteiger partial charge in [-0.3, -0.25) is 0 Å². The van der Waals surface area contributed by atoms with Crippen molar-refractivity contribution in [3.8, 4) is 0 Å². The standard InChI is InChI=1S/C20H26NO4S2/c1-12-14-10-13(11-15(18(12)22)21(14,2)3)25-19(23)20(24,16-6-4-8-26-16)17-7-5-9-27-17/h4-9,12-15,18,22,24H,10-11H2,1-3H3/q+1/t12-,13-,14?,15?,18?/m1/s1. The van der Waals surface area contributed by atoms with Crippen molar-refractivity contribution in [1.29, 1.82) is 0 Å². The van der Waals surface area contributed by atoms with E-state index in [1.54, 1.807) is 12.1 Å². The van der Waals surface area contributed by atoms with E-state index >= 15 is 0 Å². The molecule has 0 amide bonds. The molecule has 2 fully saturated rings. The Morgan fingerprint density at radius 1 is 1.15 bits per heavy atom. The summed E-state index contributed by atoms with van der Waals surface area (Å²) < 4.78 is 6.64. The normalized spacial score (nSPS) is 32.4. The molecule has 0 aromatic carbocycles.